The lowest BCUT2D eigenvalue weighted by atomic mass is 9.77. The number of thiophene rings is 1. The van der Waals surface area contributed by atoms with E-state index in [2.05, 4.69) is 52.3 Å². The Bertz CT molecular complexity index is 774. The normalized spacial score (nSPS) is 31.8. The molecule has 0 spiro atoms. The van der Waals surface area contributed by atoms with Gasteiger partial charge < -0.3 is 9.84 Å². The van der Waals surface area contributed by atoms with Gasteiger partial charge in [0.05, 0.1) is 19.3 Å². The van der Waals surface area contributed by atoms with Crippen LogP contribution in [-0.2, 0) is 11.3 Å². The lowest BCUT2D eigenvalue weighted by molar-refractivity contribution is -0.0520. The summed E-state index contributed by atoms with van der Waals surface area (Å²) in [5.41, 5.74) is 1.31. The fourth-order valence-corrected chi connectivity index (χ4v) is 6.43. The molecule has 3 aliphatic rings. The summed E-state index contributed by atoms with van der Waals surface area (Å²) in [7, 11) is 0. The van der Waals surface area contributed by atoms with E-state index in [1.54, 1.807) is 0 Å². The van der Waals surface area contributed by atoms with Gasteiger partial charge in [-0.1, -0.05) is 30.3 Å². The highest BCUT2D eigenvalue weighted by Crippen LogP contribution is 2.39. The quantitative estimate of drug-likeness (QED) is 0.857. The Morgan fingerprint density at radius 2 is 1.71 bits per heavy atom. The van der Waals surface area contributed by atoms with E-state index in [9.17, 15) is 5.11 Å². The van der Waals surface area contributed by atoms with Crippen molar-refractivity contribution in [2.24, 2.45) is 11.8 Å². The van der Waals surface area contributed by atoms with E-state index in [-0.39, 0.29) is 6.10 Å². The number of ether oxygens (including phenoxy) is 1. The van der Waals surface area contributed by atoms with Crippen molar-refractivity contribution in [1.82, 2.24) is 9.80 Å². The van der Waals surface area contributed by atoms with Crippen molar-refractivity contribution in [1.29, 1.82) is 0 Å². The molecule has 2 aliphatic heterocycles. The Balaban J connectivity index is 1.21. The Kier molecular flexibility index (Phi) is 5.53. The van der Waals surface area contributed by atoms with E-state index in [0.717, 1.165) is 58.2 Å². The van der Waals surface area contributed by atoms with Crippen LogP contribution < -0.4 is 0 Å². The van der Waals surface area contributed by atoms with E-state index < -0.39 is 0 Å². The predicted molar refractivity (Wildman–Crippen MR) is 113 cm³/mol. The van der Waals surface area contributed by atoms with Gasteiger partial charge in [-0.05, 0) is 42.4 Å². The summed E-state index contributed by atoms with van der Waals surface area (Å²) in [6, 6.07) is 15.5. The van der Waals surface area contributed by atoms with Gasteiger partial charge in [-0.25, -0.2) is 0 Å². The molecule has 5 heteroatoms. The number of morpholine rings is 1. The van der Waals surface area contributed by atoms with Crippen LogP contribution in [0.25, 0.3) is 10.4 Å². The van der Waals surface area contributed by atoms with Gasteiger partial charge in [-0.3, -0.25) is 9.80 Å². The minimum absolute atomic E-state index is 0.175. The molecule has 2 aromatic rings. The molecular weight excluding hydrogens is 368 g/mol. The first-order chi connectivity index (χ1) is 13.8. The third kappa shape index (κ3) is 3.91. The molecular formula is C23H30N2O2S. The summed E-state index contributed by atoms with van der Waals surface area (Å²) in [5.74, 6) is 1.38. The van der Waals surface area contributed by atoms with Crippen molar-refractivity contribution in [3.8, 4) is 10.4 Å². The topological polar surface area (TPSA) is 35.9 Å². The van der Waals surface area contributed by atoms with Crippen LogP contribution in [0.3, 0.4) is 0 Å². The SMILES string of the molecule is O[C@@H]1C[C@H]2CN(Cc3ccc(-c4ccccc4)s3)C[C@H]2C[C@H]1N1CCOCC1. The molecule has 0 unspecified atom stereocenters. The Labute approximate surface area is 171 Å². The van der Waals surface area contributed by atoms with E-state index in [0.29, 0.717) is 12.0 Å². The number of hydrogen-bond acceptors (Lipinski definition) is 5. The Hall–Kier alpha value is -1.24. The number of rotatable bonds is 4. The lowest BCUT2D eigenvalue weighted by Gasteiger charge is -2.43. The number of hydrogen-bond donors (Lipinski definition) is 1. The lowest BCUT2D eigenvalue weighted by Crippen LogP contribution is -2.53. The van der Waals surface area contributed by atoms with Gasteiger partial charge in [0.25, 0.3) is 0 Å². The summed E-state index contributed by atoms with van der Waals surface area (Å²) in [5, 5.41) is 10.8. The number of aliphatic hydroxyl groups is 1. The number of aliphatic hydroxyl groups excluding tert-OH is 1. The molecule has 3 fully saturated rings. The molecule has 0 bridgehead atoms. The van der Waals surface area contributed by atoms with Crippen LogP contribution in [0.2, 0.25) is 0 Å². The second-order valence-electron chi connectivity index (χ2n) is 8.60. The van der Waals surface area contributed by atoms with Crippen molar-refractivity contribution in [2.45, 2.75) is 31.5 Å². The highest BCUT2D eigenvalue weighted by Gasteiger charge is 2.43. The van der Waals surface area contributed by atoms with Crippen molar-refractivity contribution < 1.29 is 9.84 Å². The summed E-state index contributed by atoms with van der Waals surface area (Å²) >= 11 is 1.92. The van der Waals surface area contributed by atoms with Gasteiger partial charge in [-0.15, -0.1) is 11.3 Å². The maximum Gasteiger partial charge on any atom is 0.0698 e. The van der Waals surface area contributed by atoms with Crippen LogP contribution in [0, 0.1) is 11.8 Å². The first-order valence-electron chi connectivity index (χ1n) is 10.6. The van der Waals surface area contributed by atoms with E-state index >= 15 is 0 Å². The largest absolute Gasteiger partial charge is 0.391 e. The Morgan fingerprint density at radius 3 is 2.50 bits per heavy atom. The maximum atomic E-state index is 10.8. The van der Waals surface area contributed by atoms with Gasteiger partial charge in [0, 0.05) is 48.5 Å². The average molecular weight is 399 g/mol. The average Bonchev–Trinajstić information content (AvgIpc) is 3.35. The van der Waals surface area contributed by atoms with Crippen LogP contribution in [0.1, 0.15) is 17.7 Å². The zero-order valence-corrected chi connectivity index (χ0v) is 17.2. The number of fused-ring (bicyclic) bond motifs is 1. The van der Waals surface area contributed by atoms with Crippen molar-refractivity contribution in [2.75, 3.05) is 39.4 Å². The standard InChI is InChI=1S/C23H30N2O2S/c26-22-13-19-15-24(14-18(19)12-21(22)25-8-10-27-11-9-25)16-20-6-7-23(28-20)17-4-2-1-3-5-17/h1-7,18-19,21-22,26H,8-16H2/t18-,19+,21-,22-/m1/s1. The molecule has 4 atom stereocenters. The first-order valence-corrected chi connectivity index (χ1v) is 11.4. The van der Waals surface area contributed by atoms with Crippen LogP contribution in [-0.4, -0.2) is 66.4 Å². The molecule has 0 radical (unpaired) electrons. The highest BCUT2D eigenvalue weighted by molar-refractivity contribution is 7.15. The number of likely N-dealkylation sites (tertiary alicyclic amines) is 1. The van der Waals surface area contributed by atoms with Gasteiger partial charge in [0.15, 0.2) is 0 Å². The van der Waals surface area contributed by atoms with E-state index in [1.165, 1.54) is 21.9 Å². The molecule has 0 amide bonds. The molecule has 1 aromatic heterocycles. The van der Waals surface area contributed by atoms with Crippen molar-refractivity contribution in [3.05, 3.63) is 47.3 Å². The summed E-state index contributed by atoms with van der Waals surface area (Å²) in [6.45, 7) is 6.92. The van der Waals surface area contributed by atoms with Gasteiger partial charge >= 0.3 is 0 Å². The summed E-state index contributed by atoms with van der Waals surface area (Å²) < 4.78 is 5.50. The molecule has 1 aliphatic carbocycles. The third-order valence-electron chi connectivity index (χ3n) is 6.80. The minimum Gasteiger partial charge on any atom is -0.391 e. The second kappa shape index (κ2) is 8.25. The molecule has 2 saturated heterocycles. The predicted octanol–water partition coefficient (Wildman–Crippen LogP) is 3.32. The van der Waals surface area contributed by atoms with Crippen molar-refractivity contribution in [3.63, 3.8) is 0 Å². The number of benzene rings is 1. The van der Waals surface area contributed by atoms with Gasteiger partial charge in [-0.2, -0.15) is 0 Å². The van der Waals surface area contributed by atoms with Crippen LogP contribution >= 0.6 is 11.3 Å². The highest BCUT2D eigenvalue weighted by atomic mass is 32.1. The molecule has 28 heavy (non-hydrogen) atoms. The summed E-state index contributed by atoms with van der Waals surface area (Å²) in [4.78, 5) is 7.89. The van der Waals surface area contributed by atoms with E-state index in [4.69, 9.17) is 4.74 Å². The molecule has 3 heterocycles. The van der Waals surface area contributed by atoms with Crippen LogP contribution in [0.15, 0.2) is 42.5 Å². The molecule has 150 valence electrons. The smallest absolute Gasteiger partial charge is 0.0698 e. The Morgan fingerprint density at radius 1 is 0.964 bits per heavy atom. The van der Waals surface area contributed by atoms with Crippen LogP contribution in [0.5, 0.6) is 0 Å². The minimum atomic E-state index is -0.175. The molecule has 4 nitrogen and oxygen atoms in total. The first kappa shape index (κ1) is 18.8. The third-order valence-corrected chi connectivity index (χ3v) is 7.92. The van der Waals surface area contributed by atoms with Gasteiger partial charge in [0.2, 0.25) is 0 Å². The molecule has 1 aromatic carbocycles. The zero-order valence-electron chi connectivity index (χ0n) is 16.4. The van der Waals surface area contributed by atoms with E-state index in [1.807, 2.05) is 11.3 Å². The number of nitrogens with zero attached hydrogens (tertiary/aromatic N) is 2. The molecule has 5 rings (SSSR count). The van der Waals surface area contributed by atoms with Gasteiger partial charge in [0.1, 0.15) is 0 Å². The van der Waals surface area contributed by atoms with Crippen molar-refractivity contribution >= 4 is 11.3 Å². The second-order valence-corrected chi connectivity index (χ2v) is 9.77. The van der Waals surface area contributed by atoms with Crippen LogP contribution in [0.4, 0.5) is 0 Å². The summed E-state index contributed by atoms with van der Waals surface area (Å²) in [6.07, 6.45) is 1.93. The zero-order chi connectivity index (χ0) is 18.9. The molecule has 1 N–H and O–H groups in total. The maximum absolute atomic E-state index is 10.8. The molecule has 1 saturated carbocycles. The fraction of sp³-hybridized carbons (Fsp3) is 0.565. The monoisotopic (exact) mass is 398 g/mol. The fourth-order valence-electron chi connectivity index (χ4n) is 5.38.